The number of hydrogen-bond donors (Lipinski definition) is 2. The molecule has 32 heavy (non-hydrogen) atoms. The maximum Gasteiger partial charge on any atom is 0.194 e. The number of nitrogens with one attached hydrogen (secondary N) is 2. The second-order valence-corrected chi connectivity index (χ2v) is 8.24. The van der Waals surface area contributed by atoms with Gasteiger partial charge in [0.25, 0.3) is 0 Å². The van der Waals surface area contributed by atoms with E-state index in [4.69, 9.17) is 14.5 Å². The Morgan fingerprint density at radius 1 is 1.22 bits per heavy atom. The number of nitrogens with zero attached hydrogens (tertiary/aromatic N) is 4. The predicted octanol–water partition coefficient (Wildman–Crippen LogP) is 3.46. The highest BCUT2D eigenvalue weighted by molar-refractivity contribution is 14.0. The van der Waals surface area contributed by atoms with Crippen molar-refractivity contribution in [1.29, 1.82) is 0 Å². The van der Waals surface area contributed by atoms with Crippen LogP contribution in [0.1, 0.15) is 55.5 Å². The molecule has 2 aliphatic heterocycles. The maximum atomic E-state index is 6.08. The second-order valence-electron chi connectivity index (χ2n) is 8.24. The summed E-state index contributed by atoms with van der Waals surface area (Å²) in [7, 11) is 0. The zero-order chi connectivity index (χ0) is 21.3. The van der Waals surface area contributed by atoms with Gasteiger partial charge in [-0.3, -0.25) is 5.10 Å². The molecule has 2 aromatic rings. The Morgan fingerprint density at radius 3 is 2.72 bits per heavy atom. The Balaban J connectivity index is 0.00000289. The first-order chi connectivity index (χ1) is 15.3. The summed E-state index contributed by atoms with van der Waals surface area (Å²) in [5, 5.41) is 10.5. The van der Waals surface area contributed by atoms with Gasteiger partial charge in [-0.15, -0.1) is 24.0 Å². The van der Waals surface area contributed by atoms with E-state index in [9.17, 15) is 0 Å². The highest BCUT2D eigenvalue weighted by atomic mass is 127. The number of benzene rings is 1. The number of H-pyrrole nitrogens is 1. The highest BCUT2D eigenvalue weighted by Gasteiger charge is 2.24. The molecule has 2 aliphatic rings. The number of aliphatic imine (C=N–C) groups is 1. The molecule has 2 N–H and O–H groups in total. The Labute approximate surface area is 207 Å². The minimum Gasteiger partial charge on any atom is -0.381 e. The van der Waals surface area contributed by atoms with Gasteiger partial charge in [-0.05, 0) is 43.7 Å². The van der Waals surface area contributed by atoms with E-state index in [2.05, 4.69) is 56.6 Å². The lowest BCUT2D eigenvalue weighted by molar-refractivity contribution is -0.0390. The van der Waals surface area contributed by atoms with Gasteiger partial charge in [-0.2, -0.15) is 5.10 Å². The van der Waals surface area contributed by atoms with E-state index in [0.717, 1.165) is 70.3 Å². The minimum atomic E-state index is 0. The lowest BCUT2D eigenvalue weighted by Gasteiger charge is -2.33. The zero-order valence-electron chi connectivity index (χ0n) is 18.8. The van der Waals surface area contributed by atoms with E-state index in [1.807, 2.05) is 0 Å². The van der Waals surface area contributed by atoms with Crippen LogP contribution in [0, 0.1) is 0 Å². The molecule has 3 heterocycles. The van der Waals surface area contributed by atoms with Crippen molar-refractivity contribution < 1.29 is 9.47 Å². The van der Waals surface area contributed by atoms with Gasteiger partial charge in [0.2, 0.25) is 0 Å². The van der Waals surface area contributed by atoms with Crippen LogP contribution in [-0.2, 0) is 22.6 Å². The van der Waals surface area contributed by atoms with E-state index in [0.29, 0.717) is 25.2 Å². The number of piperidine rings is 1. The molecule has 8 nitrogen and oxygen atoms in total. The van der Waals surface area contributed by atoms with Crippen LogP contribution in [0.3, 0.4) is 0 Å². The van der Waals surface area contributed by atoms with E-state index in [1.54, 1.807) is 6.33 Å². The normalized spacial score (nSPS) is 18.4. The highest BCUT2D eigenvalue weighted by Crippen LogP contribution is 2.25. The summed E-state index contributed by atoms with van der Waals surface area (Å²) in [6.45, 7) is 7.84. The second kappa shape index (κ2) is 13.1. The molecule has 2 saturated heterocycles. The number of rotatable bonds is 7. The number of ether oxygens (including phenoxy) is 2. The summed E-state index contributed by atoms with van der Waals surface area (Å²) in [6.07, 6.45) is 6.00. The van der Waals surface area contributed by atoms with Crippen molar-refractivity contribution in [3.05, 3.63) is 47.5 Å². The van der Waals surface area contributed by atoms with Gasteiger partial charge in [0.05, 0.1) is 19.3 Å². The van der Waals surface area contributed by atoms with Crippen molar-refractivity contribution in [2.75, 3.05) is 32.8 Å². The third-order valence-electron chi connectivity index (χ3n) is 6.01. The number of likely N-dealkylation sites (tertiary alicyclic amines) is 1. The van der Waals surface area contributed by atoms with Crippen molar-refractivity contribution in [3.8, 4) is 0 Å². The molecule has 4 rings (SSSR count). The summed E-state index contributed by atoms with van der Waals surface area (Å²) in [5.74, 6) is 2.44. The van der Waals surface area contributed by atoms with Crippen LogP contribution >= 0.6 is 24.0 Å². The van der Waals surface area contributed by atoms with Crippen LogP contribution in [0.15, 0.2) is 35.6 Å². The first kappa shape index (κ1) is 24.9. The first-order valence-electron chi connectivity index (χ1n) is 11.5. The van der Waals surface area contributed by atoms with Crippen LogP contribution in [0.5, 0.6) is 0 Å². The third kappa shape index (κ3) is 7.14. The van der Waals surface area contributed by atoms with Gasteiger partial charge in [0.1, 0.15) is 12.2 Å². The molecule has 176 valence electrons. The van der Waals surface area contributed by atoms with Crippen molar-refractivity contribution in [2.24, 2.45) is 4.99 Å². The molecule has 0 radical (unpaired) electrons. The zero-order valence-corrected chi connectivity index (χ0v) is 21.2. The molecule has 9 heteroatoms. The fraction of sp³-hybridized carbons (Fsp3) is 0.609. The van der Waals surface area contributed by atoms with Crippen molar-refractivity contribution in [1.82, 2.24) is 25.4 Å². The third-order valence-corrected chi connectivity index (χ3v) is 6.01. The summed E-state index contributed by atoms with van der Waals surface area (Å²) in [4.78, 5) is 11.6. The Bertz CT molecular complexity index is 818. The molecule has 1 aromatic carbocycles. The number of halogens is 1. The SMILES string of the molecule is CCNC(=NCc1cccc(COC2CCOCC2)c1)N1CCC(c2ncn[nH]2)CC1.I. The molecule has 0 aliphatic carbocycles. The fourth-order valence-electron chi connectivity index (χ4n) is 4.24. The van der Waals surface area contributed by atoms with Crippen LogP contribution in [0.4, 0.5) is 0 Å². The van der Waals surface area contributed by atoms with E-state index >= 15 is 0 Å². The molecule has 1 aromatic heterocycles. The summed E-state index contributed by atoms with van der Waals surface area (Å²) < 4.78 is 11.5. The smallest absolute Gasteiger partial charge is 0.194 e. The number of aromatic amines is 1. The molecule has 0 amide bonds. The molecule has 0 atom stereocenters. The number of guanidine groups is 1. The maximum absolute atomic E-state index is 6.08. The Morgan fingerprint density at radius 2 is 2.00 bits per heavy atom. The average molecular weight is 554 g/mol. The van der Waals surface area contributed by atoms with E-state index in [1.165, 1.54) is 11.1 Å². The number of aromatic nitrogens is 3. The van der Waals surface area contributed by atoms with Gasteiger partial charge in [0, 0.05) is 38.8 Å². The molecule has 0 bridgehead atoms. The van der Waals surface area contributed by atoms with Gasteiger partial charge >= 0.3 is 0 Å². The van der Waals surface area contributed by atoms with Crippen LogP contribution in [0.25, 0.3) is 0 Å². The van der Waals surface area contributed by atoms with Crippen LogP contribution in [-0.4, -0.2) is 65.0 Å². The average Bonchev–Trinajstić information content (AvgIpc) is 3.37. The Hall–Kier alpha value is -1.72. The van der Waals surface area contributed by atoms with Crippen molar-refractivity contribution in [3.63, 3.8) is 0 Å². The lowest BCUT2D eigenvalue weighted by atomic mass is 9.96. The summed E-state index contributed by atoms with van der Waals surface area (Å²) in [5.41, 5.74) is 2.41. The van der Waals surface area contributed by atoms with Crippen LogP contribution in [0.2, 0.25) is 0 Å². The lowest BCUT2D eigenvalue weighted by Crippen LogP contribution is -2.45. The van der Waals surface area contributed by atoms with Gasteiger partial charge in [-0.25, -0.2) is 9.98 Å². The molecule has 0 saturated carbocycles. The monoisotopic (exact) mass is 554 g/mol. The van der Waals surface area contributed by atoms with Crippen LogP contribution < -0.4 is 5.32 Å². The van der Waals surface area contributed by atoms with Crippen molar-refractivity contribution >= 4 is 29.9 Å². The summed E-state index contributed by atoms with van der Waals surface area (Å²) in [6, 6.07) is 8.58. The predicted molar refractivity (Wildman–Crippen MR) is 135 cm³/mol. The largest absolute Gasteiger partial charge is 0.381 e. The molecule has 0 spiro atoms. The standard InChI is InChI=1S/C23H34N6O2.HI/c1-2-24-23(29-10-6-20(7-11-29)22-26-17-27-28-22)25-15-18-4-3-5-19(14-18)16-31-21-8-12-30-13-9-21;/h3-5,14,17,20-21H,2,6-13,15-16H2,1H3,(H,24,25)(H,26,27,28);1H. The van der Waals surface area contributed by atoms with Gasteiger partial charge in [-0.1, -0.05) is 24.3 Å². The van der Waals surface area contributed by atoms with Gasteiger partial charge < -0.3 is 19.7 Å². The molecule has 2 fully saturated rings. The topological polar surface area (TPSA) is 87.7 Å². The van der Waals surface area contributed by atoms with Gasteiger partial charge in [0.15, 0.2) is 5.96 Å². The quantitative estimate of drug-likeness (QED) is 0.310. The van der Waals surface area contributed by atoms with E-state index < -0.39 is 0 Å². The Kier molecular flexibility index (Phi) is 10.2. The summed E-state index contributed by atoms with van der Waals surface area (Å²) >= 11 is 0. The molecular formula is C23H35IN6O2. The number of hydrogen-bond acceptors (Lipinski definition) is 5. The molecule has 0 unspecified atom stereocenters. The first-order valence-corrected chi connectivity index (χ1v) is 11.5. The van der Waals surface area contributed by atoms with Crippen molar-refractivity contribution in [2.45, 2.75) is 57.8 Å². The van der Waals surface area contributed by atoms with E-state index in [-0.39, 0.29) is 24.0 Å². The minimum absolute atomic E-state index is 0. The fourth-order valence-corrected chi connectivity index (χ4v) is 4.24. The molecular weight excluding hydrogens is 519 g/mol.